The van der Waals surface area contributed by atoms with Gasteiger partial charge in [-0.15, -0.1) is 0 Å². The Hall–Kier alpha value is -1.88. The fraction of sp³-hybridized carbons (Fsp3) is 0.556. The van der Waals surface area contributed by atoms with Crippen LogP contribution in [0.15, 0.2) is 24.3 Å². The molecular weight excluding hydrogens is 294 g/mol. The van der Waals surface area contributed by atoms with Gasteiger partial charge in [-0.3, -0.25) is 4.79 Å². The average Bonchev–Trinajstić information content (AvgIpc) is 2.53. The van der Waals surface area contributed by atoms with Crippen molar-refractivity contribution in [3.8, 4) is 0 Å². The Labute approximate surface area is 136 Å². The molecule has 0 saturated carbocycles. The monoisotopic (exact) mass is 319 g/mol. The highest BCUT2D eigenvalue weighted by atomic mass is 16.4. The van der Waals surface area contributed by atoms with Gasteiger partial charge >= 0.3 is 5.97 Å². The van der Waals surface area contributed by atoms with Crippen molar-refractivity contribution in [2.75, 3.05) is 13.1 Å². The molecule has 0 aliphatic carbocycles. The Morgan fingerprint density at radius 2 is 1.74 bits per heavy atom. The van der Waals surface area contributed by atoms with E-state index in [9.17, 15) is 14.7 Å². The van der Waals surface area contributed by atoms with Crippen LogP contribution < -0.4 is 0 Å². The number of carboxylic acids is 1. The van der Waals surface area contributed by atoms with Crippen LogP contribution in [0.5, 0.6) is 0 Å². The highest BCUT2D eigenvalue weighted by molar-refractivity contribution is 5.79. The number of carbonyl (C=O) groups excluding carboxylic acids is 1. The molecule has 1 aromatic rings. The van der Waals surface area contributed by atoms with Crippen LogP contribution in [-0.4, -0.2) is 45.7 Å². The van der Waals surface area contributed by atoms with Crippen LogP contribution in [0.2, 0.25) is 0 Å². The zero-order chi connectivity index (χ0) is 16.9. The normalized spacial score (nSPS) is 17.0. The summed E-state index contributed by atoms with van der Waals surface area (Å²) in [5.41, 5.74) is 0.866. The lowest BCUT2D eigenvalue weighted by Gasteiger charge is -2.35. The van der Waals surface area contributed by atoms with Crippen LogP contribution in [-0.2, 0) is 16.0 Å². The summed E-state index contributed by atoms with van der Waals surface area (Å²) in [7, 11) is 0. The number of hydrogen-bond donors (Lipinski definition) is 2. The van der Waals surface area contributed by atoms with Crippen LogP contribution in [0, 0.1) is 6.92 Å². The van der Waals surface area contributed by atoms with Crippen LogP contribution in [0.1, 0.15) is 43.2 Å². The van der Waals surface area contributed by atoms with Gasteiger partial charge in [0.2, 0.25) is 5.91 Å². The van der Waals surface area contributed by atoms with Crippen molar-refractivity contribution in [2.24, 2.45) is 0 Å². The van der Waals surface area contributed by atoms with Gasteiger partial charge in [0.25, 0.3) is 0 Å². The summed E-state index contributed by atoms with van der Waals surface area (Å²) in [6.45, 7) is 2.70. The quantitative estimate of drug-likeness (QED) is 0.788. The molecule has 2 N–H and O–H groups in total. The number of unbranched alkanes of at least 4 members (excludes halogenated alkanes) is 1. The van der Waals surface area contributed by atoms with Gasteiger partial charge in [0, 0.05) is 32.4 Å². The Kier molecular flexibility index (Phi) is 5.77. The molecule has 1 fully saturated rings. The first-order valence-corrected chi connectivity index (χ1v) is 8.20. The van der Waals surface area contributed by atoms with Gasteiger partial charge < -0.3 is 15.1 Å². The van der Waals surface area contributed by atoms with Crippen molar-refractivity contribution in [1.82, 2.24) is 4.90 Å². The number of benzene rings is 1. The molecule has 0 spiro atoms. The Bertz CT molecular complexity index is 545. The second-order valence-electron chi connectivity index (χ2n) is 6.41. The number of hydrogen-bond acceptors (Lipinski definition) is 3. The maximum absolute atomic E-state index is 12.1. The summed E-state index contributed by atoms with van der Waals surface area (Å²) in [6, 6.07) is 8.43. The van der Waals surface area contributed by atoms with E-state index in [2.05, 4.69) is 31.2 Å². The summed E-state index contributed by atoms with van der Waals surface area (Å²) < 4.78 is 0. The number of carboxylic acid groups (broad SMARTS) is 1. The van der Waals surface area contributed by atoms with E-state index < -0.39 is 11.6 Å². The van der Waals surface area contributed by atoms with Crippen molar-refractivity contribution in [2.45, 2.75) is 51.0 Å². The Morgan fingerprint density at radius 1 is 1.13 bits per heavy atom. The van der Waals surface area contributed by atoms with Crippen molar-refractivity contribution < 1.29 is 19.8 Å². The maximum Gasteiger partial charge on any atom is 0.335 e. The van der Waals surface area contributed by atoms with E-state index in [0.717, 1.165) is 19.3 Å². The second kappa shape index (κ2) is 7.59. The summed E-state index contributed by atoms with van der Waals surface area (Å²) >= 11 is 0. The molecule has 2 rings (SSSR count). The van der Waals surface area contributed by atoms with E-state index in [1.807, 2.05) is 0 Å². The van der Waals surface area contributed by atoms with Gasteiger partial charge in [-0.2, -0.15) is 0 Å². The fourth-order valence-corrected chi connectivity index (χ4v) is 2.86. The maximum atomic E-state index is 12.1. The number of piperidine rings is 1. The van der Waals surface area contributed by atoms with Crippen molar-refractivity contribution >= 4 is 11.9 Å². The van der Waals surface area contributed by atoms with Gasteiger partial charge in [0.1, 0.15) is 0 Å². The van der Waals surface area contributed by atoms with Gasteiger partial charge in [-0.1, -0.05) is 29.8 Å². The second-order valence-corrected chi connectivity index (χ2v) is 6.41. The summed E-state index contributed by atoms with van der Waals surface area (Å²) in [4.78, 5) is 24.8. The third-order valence-corrected chi connectivity index (χ3v) is 4.57. The molecule has 1 aliphatic heterocycles. The molecule has 5 nitrogen and oxygen atoms in total. The van der Waals surface area contributed by atoms with Crippen LogP contribution in [0.4, 0.5) is 0 Å². The summed E-state index contributed by atoms with van der Waals surface area (Å²) in [5, 5.41) is 18.8. The number of rotatable bonds is 6. The summed E-state index contributed by atoms with van der Waals surface area (Å²) in [5.74, 6) is -1.14. The number of aryl methyl sites for hydroxylation is 2. The molecule has 5 heteroatoms. The lowest BCUT2D eigenvalue weighted by molar-refractivity contribution is -0.165. The minimum atomic E-state index is -1.66. The van der Waals surface area contributed by atoms with Crippen LogP contribution in [0.3, 0.4) is 0 Å². The van der Waals surface area contributed by atoms with E-state index in [4.69, 9.17) is 5.11 Å². The Morgan fingerprint density at radius 3 is 2.30 bits per heavy atom. The average molecular weight is 319 g/mol. The first-order chi connectivity index (χ1) is 10.9. The molecule has 1 heterocycles. The minimum Gasteiger partial charge on any atom is -0.479 e. The minimum absolute atomic E-state index is 0.0568. The van der Waals surface area contributed by atoms with Gasteiger partial charge in [-0.25, -0.2) is 4.79 Å². The predicted molar refractivity (Wildman–Crippen MR) is 87.1 cm³/mol. The number of aliphatic carboxylic acids is 1. The van der Waals surface area contributed by atoms with Crippen molar-refractivity contribution in [3.05, 3.63) is 35.4 Å². The van der Waals surface area contributed by atoms with Gasteiger partial charge in [0.15, 0.2) is 5.60 Å². The molecule has 0 atom stereocenters. The lowest BCUT2D eigenvalue weighted by Crippen LogP contribution is -2.50. The standard InChI is InChI=1S/C18H25NO4/c1-14-6-8-15(9-7-14)4-2-3-5-16(20)19-12-10-18(23,11-13-19)17(21)22/h6-9,23H,2-5,10-13H2,1H3,(H,21,22). The molecule has 0 aromatic heterocycles. The molecule has 23 heavy (non-hydrogen) atoms. The molecule has 1 saturated heterocycles. The van der Waals surface area contributed by atoms with Gasteiger partial charge in [-0.05, 0) is 31.7 Å². The highest BCUT2D eigenvalue weighted by Crippen LogP contribution is 2.23. The van der Waals surface area contributed by atoms with E-state index in [1.54, 1.807) is 4.90 Å². The smallest absolute Gasteiger partial charge is 0.335 e. The number of likely N-dealkylation sites (tertiary alicyclic amines) is 1. The van der Waals surface area contributed by atoms with Crippen LogP contribution >= 0.6 is 0 Å². The third kappa shape index (κ3) is 4.79. The number of carbonyl (C=O) groups is 2. The zero-order valence-electron chi connectivity index (χ0n) is 13.6. The van der Waals surface area contributed by atoms with E-state index >= 15 is 0 Å². The van der Waals surface area contributed by atoms with E-state index in [1.165, 1.54) is 11.1 Å². The van der Waals surface area contributed by atoms with Crippen molar-refractivity contribution in [3.63, 3.8) is 0 Å². The first-order valence-electron chi connectivity index (χ1n) is 8.20. The summed E-state index contributed by atoms with van der Waals surface area (Å²) in [6.07, 6.45) is 3.45. The molecule has 0 radical (unpaired) electrons. The highest BCUT2D eigenvalue weighted by Gasteiger charge is 2.40. The number of aliphatic hydroxyl groups is 1. The van der Waals surface area contributed by atoms with Crippen molar-refractivity contribution in [1.29, 1.82) is 0 Å². The topological polar surface area (TPSA) is 77.8 Å². The predicted octanol–water partition coefficient (Wildman–Crippen LogP) is 2.15. The Balaban J connectivity index is 1.68. The zero-order valence-corrected chi connectivity index (χ0v) is 13.6. The number of amides is 1. The molecule has 1 aliphatic rings. The molecule has 0 bridgehead atoms. The van der Waals surface area contributed by atoms with E-state index in [-0.39, 0.29) is 18.7 Å². The molecule has 1 amide bonds. The van der Waals surface area contributed by atoms with E-state index in [0.29, 0.717) is 19.5 Å². The SMILES string of the molecule is Cc1ccc(CCCCC(=O)N2CCC(O)(C(=O)O)CC2)cc1. The fourth-order valence-electron chi connectivity index (χ4n) is 2.86. The van der Waals surface area contributed by atoms with Gasteiger partial charge in [0.05, 0.1) is 0 Å². The first kappa shape index (κ1) is 17.5. The third-order valence-electron chi connectivity index (χ3n) is 4.57. The van der Waals surface area contributed by atoms with Crippen LogP contribution in [0.25, 0.3) is 0 Å². The lowest BCUT2D eigenvalue weighted by atomic mass is 9.91. The molecule has 1 aromatic carbocycles. The molecular formula is C18H25NO4. The largest absolute Gasteiger partial charge is 0.479 e. The molecule has 126 valence electrons. The molecule has 0 unspecified atom stereocenters. The number of nitrogens with zero attached hydrogens (tertiary/aromatic N) is 1.